The van der Waals surface area contributed by atoms with Crippen LogP contribution in [0.1, 0.15) is 30.0 Å². The van der Waals surface area contributed by atoms with Gasteiger partial charge in [-0.2, -0.15) is 0 Å². The number of nitrogens with zero attached hydrogens (tertiary/aromatic N) is 2. The van der Waals surface area contributed by atoms with Crippen molar-refractivity contribution in [2.24, 2.45) is 0 Å². The van der Waals surface area contributed by atoms with Crippen molar-refractivity contribution in [3.05, 3.63) is 107 Å². The molecule has 1 saturated heterocycles. The van der Waals surface area contributed by atoms with Crippen molar-refractivity contribution < 1.29 is 31.5 Å². The largest absolute Gasteiger partial charge is 0.493 e. The van der Waals surface area contributed by atoms with Gasteiger partial charge in [0.15, 0.2) is 11.6 Å². The summed E-state index contributed by atoms with van der Waals surface area (Å²) in [5.41, 5.74) is 2.87. The monoisotopic (exact) mass is 635 g/mol. The lowest BCUT2D eigenvalue weighted by Gasteiger charge is -2.34. The Hall–Kier alpha value is -4.35. The molecule has 2 amide bonds. The standard InChI is InChI=1S/C34H35F2N3O5S/c1-24(40)39-17-15-38(16-18-39)23-26-7-9-28(10-13-34(41)37-45(42,43)30-11-12-31(35)32(36)22-30)33(21-26)44-19-14-25-6-8-27-4-2-3-5-29(27)20-25/h2-9,11-12,20-22H,10,13-19,23H2,1H3,(H,37,41). The summed E-state index contributed by atoms with van der Waals surface area (Å²) in [5, 5.41) is 2.30. The summed E-state index contributed by atoms with van der Waals surface area (Å²) in [5.74, 6) is -2.62. The van der Waals surface area contributed by atoms with E-state index in [9.17, 15) is 26.8 Å². The third-order valence-corrected chi connectivity index (χ3v) is 9.26. The molecule has 0 saturated carbocycles. The van der Waals surface area contributed by atoms with E-state index in [0.717, 1.165) is 46.6 Å². The fourth-order valence-corrected chi connectivity index (χ4v) is 6.37. The van der Waals surface area contributed by atoms with E-state index in [1.54, 1.807) is 6.92 Å². The lowest BCUT2D eigenvalue weighted by Crippen LogP contribution is -2.47. The van der Waals surface area contributed by atoms with Crippen LogP contribution in [0.2, 0.25) is 0 Å². The number of aryl methyl sites for hydroxylation is 1. The molecule has 1 heterocycles. The predicted octanol–water partition coefficient (Wildman–Crippen LogP) is 4.84. The Morgan fingerprint density at radius 2 is 1.56 bits per heavy atom. The first kappa shape index (κ1) is 32.1. The quantitative estimate of drug-likeness (QED) is 0.254. The first-order valence-electron chi connectivity index (χ1n) is 14.8. The molecule has 0 atom stereocenters. The third kappa shape index (κ3) is 8.43. The molecular formula is C34H35F2N3O5S. The molecule has 0 radical (unpaired) electrons. The molecule has 5 rings (SSSR count). The number of amides is 2. The van der Waals surface area contributed by atoms with Gasteiger partial charge in [0.1, 0.15) is 5.75 Å². The highest BCUT2D eigenvalue weighted by Gasteiger charge is 2.21. The SMILES string of the molecule is CC(=O)N1CCN(Cc2ccc(CCC(=O)NS(=O)(=O)c3ccc(F)c(F)c3)c(OCCc3ccc4ccccc4c3)c2)CC1. The molecule has 4 aromatic rings. The molecule has 1 N–H and O–H groups in total. The number of rotatable bonds is 11. The molecule has 0 aliphatic carbocycles. The Bertz CT molecular complexity index is 1810. The van der Waals surface area contributed by atoms with Crippen LogP contribution in [0.25, 0.3) is 10.8 Å². The Kier molecular flexibility index (Phi) is 10.1. The molecule has 8 nitrogen and oxygen atoms in total. The molecule has 1 aliphatic heterocycles. The van der Waals surface area contributed by atoms with E-state index in [4.69, 9.17) is 4.74 Å². The lowest BCUT2D eigenvalue weighted by molar-refractivity contribution is -0.130. The maximum Gasteiger partial charge on any atom is 0.264 e. The molecule has 0 aromatic heterocycles. The summed E-state index contributed by atoms with van der Waals surface area (Å²) in [6.07, 6.45) is 0.687. The van der Waals surface area contributed by atoms with E-state index in [1.807, 2.05) is 40.0 Å². The van der Waals surface area contributed by atoms with E-state index in [-0.39, 0.29) is 18.7 Å². The highest BCUT2D eigenvalue weighted by molar-refractivity contribution is 7.90. The van der Waals surface area contributed by atoms with Crippen molar-refractivity contribution in [3.8, 4) is 5.75 Å². The Labute approximate surface area is 261 Å². The molecule has 4 aromatic carbocycles. The number of sulfonamides is 1. The molecule has 11 heteroatoms. The number of nitrogens with one attached hydrogen (secondary N) is 1. The van der Waals surface area contributed by atoms with Crippen LogP contribution in [-0.2, 0) is 39.0 Å². The average Bonchev–Trinajstić information content (AvgIpc) is 3.02. The fraction of sp³-hybridized carbons (Fsp3) is 0.294. The molecule has 0 spiro atoms. The zero-order chi connectivity index (χ0) is 32.0. The Balaban J connectivity index is 1.26. The van der Waals surface area contributed by atoms with Crippen LogP contribution in [-0.4, -0.2) is 62.8 Å². The minimum absolute atomic E-state index is 0.0720. The average molecular weight is 636 g/mol. The second kappa shape index (κ2) is 14.2. The molecule has 0 bridgehead atoms. The number of halogens is 2. The minimum atomic E-state index is -4.37. The van der Waals surface area contributed by atoms with Gasteiger partial charge < -0.3 is 9.64 Å². The molecule has 1 fully saturated rings. The molecule has 0 unspecified atom stereocenters. The van der Waals surface area contributed by atoms with Crippen LogP contribution in [0.3, 0.4) is 0 Å². The smallest absolute Gasteiger partial charge is 0.264 e. The van der Waals surface area contributed by atoms with Crippen molar-refractivity contribution in [3.63, 3.8) is 0 Å². The van der Waals surface area contributed by atoms with Gasteiger partial charge in [-0.15, -0.1) is 0 Å². The molecular weight excluding hydrogens is 600 g/mol. The zero-order valence-corrected chi connectivity index (χ0v) is 25.8. The van der Waals surface area contributed by atoms with Gasteiger partial charge in [0.2, 0.25) is 11.8 Å². The molecule has 236 valence electrons. The van der Waals surface area contributed by atoms with Gasteiger partial charge in [-0.25, -0.2) is 21.9 Å². The lowest BCUT2D eigenvalue weighted by atomic mass is 10.0. The zero-order valence-electron chi connectivity index (χ0n) is 25.0. The number of hydrogen-bond acceptors (Lipinski definition) is 6. The summed E-state index contributed by atoms with van der Waals surface area (Å²) in [6.45, 7) is 5.49. The van der Waals surface area contributed by atoms with Crippen molar-refractivity contribution in [1.29, 1.82) is 0 Å². The van der Waals surface area contributed by atoms with Gasteiger partial charge in [-0.3, -0.25) is 14.5 Å². The highest BCUT2D eigenvalue weighted by atomic mass is 32.2. The number of hydrogen-bond donors (Lipinski definition) is 1. The van der Waals surface area contributed by atoms with Crippen molar-refractivity contribution in [1.82, 2.24) is 14.5 Å². The number of benzene rings is 4. The van der Waals surface area contributed by atoms with E-state index in [0.29, 0.717) is 50.5 Å². The van der Waals surface area contributed by atoms with Crippen LogP contribution in [0.5, 0.6) is 5.75 Å². The maximum absolute atomic E-state index is 13.6. The van der Waals surface area contributed by atoms with Gasteiger partial charge >= 0.3 is 0 Å². The topological polar surface area (TPSA) is 96.0 Å². The van der Waals surface area contributed by atoms with E-state index >= 15 is 0 Å². The highest BCUT2D eigenvalue weighted by Crippen LogP contribution is 2.25. The molecule has 1 aliphatic rings. The molecule has 45 heavy (non-hydrogen) atoms. The number of carbonyl (C=O) groups excluding carboxylic acids is 2. The number of piperazine rings is 1. The van der Waals surface area contributed by atoms with E-state index < -0.39 is 32.5 Å². The van der Waals surface area contributed by atoms with Gasteiger partial charge in [-0.1, -0.05) is 54.6 Å². The third-order valence-electron chi connectivity index (χ3n) is 7.89. The second-order valence-electron chi connectivity index (χ2n) is 11.1. The summed E-state index contributed by atoms with van der Waals surface area (Å²) < 4.78 is 60.2. The van der Waals surface area contributed by atoms with Crippen molar-refractivity contribution in [2.75, 3.05) is 32.8 Å². The predicted molar refractivity (Wildman–Crippen MR) is 167 cm³/mol. The summed E-state index contributed by atoms with van der Waals surface area (Å²) in [4.78, 5) is 27.9. The van der Waals surface area contributed by atoms with E-state index in [1.165, 1.54) is 0 Å². The Morgan fingerprint density at radius 1 is 0.822 bits per heavy atom. The fourth-order valence-electron chi connectivity index (χ4n) is 5.34. The minimum Gasteiger partial charge on any atom is -0.493 e. The van der Waals surface area contributed by atoms with Crippen LogP contribution >= 0.6 is 0 Å². The van der Waals surface area contributed by atoms with Crippen LogP contribution in [0, 0.1) is 11.6 Å². The van der Waals surface area contributed by atoms with Crippen molar-refractivity contribution >= 4 is 32.6 Å². The summed E-state index contributed by atoms with van der Waals surface area (Å²) >= 11 is 0. The first-order valence-corrected chi connectivity index (χ1v) is 16.3. The van der Waals surface area contributed by atoms with E-state index in [2.05, 4.69) is 35.2 Å². The second-order valence-corrected chi connectivity index (χ2v) is 12.8. The normalized spacial score (nSPS) is 14.0. The van der Waals surface area contributed by atoms with Gasteiger partial charge in [0, 0.05) is 52.5 Å². The van der Waals surface area contributed by atoms with Crippen LogP contribution in [0.4, 0.5) is 8.78 Å². The number of ether oxygens (including phenoxy) is 1. The number of fused-ring (bicyclic) bond motifs is 1. The maximum atomic E-state index is 13.6. The van der Waals surface area contributed by atoms with Gasteiger partial charge in [0.25, 0.3) is 10.0 Å². The van der Waals surface area contributed by atoms with Gasteiger partial charge in [0.05, 0.1) is 11.5 Å². The summed E-state index contributed by atoms with van der Waals surface area (Å²) in [6, 6.07) is 22.3. The number of carbonyl (C=O) groups is 2. The van der Waals surface area contributed by atoms with Gasteiger partial charge in [-0.05, 0) is 58.1 Å². The van der Waals surface area contributed by atoms with Crippen molar-refractivity contribution in [2.45, 2.75) is 37.6 Å². The Morgan fingerprint density at radius 3 is 2.29 bits per heavy atom. The summed E-state index contributed by atoms with van der Waals surface area (Å²) in [7, 11) is -4.37. The van der Waals surface area contributed by atoms with Crippen LogP contribution in [0.15, 0.2) is 83.8 Å². The first-order chi connectivity index (χ1) is 21.6. The van der Waals surface area contributed by atoms with Crippen LogP contribution < -0.4 is 9.46 Å².